The number of halogens is 1. The summed E-state index contributed by atoms with van der Waals surface area (Å²) in [4.78, 5) is 24.1. The third kappa shape index (κ3) is 4.89. The van der Waals surface area contributed by atoms with Gasteiger partial charge in [-0.3, -0.25) is 9.59 Å². The predicted octanol–water partition coefficient (Wildman–Crippen LogP) is 3.85. The lowest BCUT2D eigenvalue weighted by Crippen LogP contribution is -2.23. The summed E-state index contributed by atoms with van der Waals surface area (Å²) < 4.78 is 13.0. The number of nitrogens with one attached hydrogen (secondary N) is 1. The van der Waals surface area contributed by atoms with Crippen LogP contribution in [-0.4, -0.2) is 23.5 Å². The van der Waals surface area contributed by atoms with Gasteiger partial charge in [0.25, 0.3) is 5.91 Å². The van der Waals surface area contributed by atoms with Crippen LogP contribution in [0.2, 0.25) is 0 Å². The number of carbonyl (C=O) groups is 2. The number of carbonyl (C=O) groups excluding carboxylic acids is 1. The van der Waals surface area contributed by atoms with E-state index in [0.29, 0.717) is 24.3 Å². The zero-order valence-corrected chi connectivity index (χ0v) is 13.6. The fourth-order valence-electron chi connectivity index (χ4n) is 2.17. The Bertz CT molecular complexity index is 694. The Balaban J connectivity index is 1.96. The molecule has 0 saturated carbocycles. The van der Waals surface area contributed by atoms with Crippen LogP contribution < -0.4 is 5.32 Å². The molecule has 1 aromatic carbocycles. The zero-order valence-electron chi connectivity index (χ0n) is 12.8. The van der Waals surface area contributed by atoms with E-state index in [1.54, 1.807) is 12.1 Å². The Morgan fingerprint density at radius 1 is 1.22 bits per heavy atom. The van der Waals surface area contributed by atoms with Crippen molar-refractivity contribution in [1.29, 1.82) is 0 Å². The molecule has 0 aliphatic heterocycles. The second-order valence-electron chi connectivity index (χ2n) is 5.24. The summed E-state index contributed by atoms with van der Waals surface area (Å²) in [5, 5.41) is 11.3. The van der Waals surface area contributed by atoms with Crippen LogP contribution in [0.15, 0.2) is 30.3 Å². The Morgan fingerprint density at radius 2 is 1.91 bits per heavy atom. The molecule has 122 valence electrons. The van der Waals surface area contributed by atoms with Crippen LogP contribution in [0.25, 0.3) is 10.4 Å². The first kappa shape index (κ1) is 17.1. The minimum atomic E-state index is -0.825. The molecule has 0 fully saturated rings. The minimum Gasteiger partial charge on any atom is -0.481 e. The zero-order chi connectivity index (χ0) is 16.8. The van der Waals surface area contributed by atoms with Crippen LogP contribution in [0.3, 0.4) is 0 Å². The van der Waals surface area contributed by atoms with Crippen molar-refractivity contribution in [2.75, 3.05) is 6.54 Å². The Morgan fingerprint density at radius 3 is 2.57 bits per heavy atom. The van der Waals surface area contributed by atoms with Crippen LogP contribution in [0, 0.1) is 12.7 Å². The topological polar surface area (TPSA) is 66.4 Å². The smallest absolute Gasteiger partial charge is 0.303 e. The first-order valence-corrected chi connectivity index (χ1v) is 8.15. The normalized spacial score (nSPS) is 10.5. The molecule has 4 nitrogen and oxygen atoms in total. The van der Waals surface area contributed by atoms with Gasteiger partial charge in [0.05, 0.1) is 4.88 Å². The largest absolute Gasteiger partial charge is 0.481 e. The van der Waals surface area contributed by atoms with Crippen molar-refractivity contribution >= 4 is 23.2 Å². The fraction of sp³-hybridized carbons (Fsp3) is 0.294. The maximum absolute atomic E-state index is 13.0. The third-order valence-corrected chi connectivity index (χ3v) is 4.64. The molecule has 1 heterocycles. The number of benzene rings is 1. The number of aryl methyl sites for hydroxylation is 1. The van der Waals surface area contributed by atoms with Gasteiger partial charge >= 0.3 is 5.97 Å². The number of carboxylic acid groups (broad SMARTS) is 1. The van der Waals surface area contributed by atoms with Crippen LogP contribution in [0.5, 0.6) is 0 Å². The monoisotopic (exact) mass is 335 g/mol. The molecule has 0 aliphatic rings. The SMILES string of the molecule is Cc1cc(C(=O)NCCCCC(=O)O)sc1-c1ccc(F)cc1. The molecule has 1 aromatic heterocycles. The van der Waals surface area contributed by atoms with Gasteiger partial charge in [0, 0.05) is 17.8 Å². The molecule has 6 heteroatoms. The number of unbranched alkanes of at least 4 members (excludes halogenated alkanes) is 1. The molecule has 2 N–H and O–H groups in total. The van der Waals surface area contributed by atoms with Gasteiger partial charge in [0.2, 0.25) is 0 Å². The summed E-state index contributed by atoms with van der Waals surface area (Å²) in [6, 6.07) is 8.01. The van der Waals surface area contributed by atoms with Crippen molar-refractivity contribution in [2.45, 2.75) is 26.2 Å². The summed E-state index contributed by atoms with van der Waals surface area (Å²) in [6.45, 7) is 2.37. The Kier molecular flexibility index (Phi) is 5.87. The Hall–Kier alpha value is -2.21. The number of thiophene rings is 1. The number of hydrogen-bond donors (Lipinski definition) is 2. The van der Waals surface area contributed by atoms with Gasteiger partial charge in [0.1, 0.15) is 5.82 Å². The lowest BCUT2D eigenvalue weighted by atomic mass is 10.1. The predicted molar refractivity (Wildman–Crippen MR) is 88.3 cm³/mol. The van der Waals surface area contributed by atoms with E-state index >= 15 is 0 Å². The van der Waals surface area contributed by atoms with Crippen LogP contribution >= 0.6 is 11.3 Å². The molecule has 0 aliphatic carbocycles. The maximum atomic E-state index is 13.0. The van der Waals surface area contributed by atoms with Crippen molar-refractivity contribution in [1.82, 2.24) is 5.32 Å². The fourth-order valence-corrected chi connectivity index (χ4v) is 3.27. The van der Waals surface area contributed by atoms with E-state index in [-0.39, 0.29) is 18.1 Å². The number of aliphatic carboxylic acids is 1. The van der Waals surface area contributed by atoms with E-state index in [1.165, 1.54) is 23.5 Å². The first-order valence-electron chi connectivity index (χ1n) is 7.33. The first-order chi connectivity index (χ1) is 11.0. The van der Waals surface area contributed by atoms with Gasteiger partial charge < -0.3 is 10.4 Å². The van der Waals surface area contributed by atoms with Crippen LogP contribution in [0.4, 0.5) is 4.39 Å². The summed E-state index contributed by atoms with van der Waals surface area (Å²) in [5.41, 5.74) is 1.85. The van der Waals surface area contributed by atoms with Crippen molar-refractivity contribution in [3.8, 4) is 10.4 Å². The quantitative estimate of drug-likeness (QED) is 0.755. The van der Waals surface area contributed by atoms with Gasteiger partial charge in [-0.1, -0.05) is 12.1 Å². The number of rotatable bonds is 7. The maximum Gasteiger partial charge on any atom is 0.303 e. The molecule has 2 rings (SSSR count). The van der Waals surface area contributed by atoms with Gasteiger partial charge in [-0.2, -0.15) is 0 Å². The molecule has 1 amide bonds. The molecule has 0 spiro atoms. The molecule has 0 unspecified atom stereocenters. The third-order valence-electron chi connectivity index (χ3n) is 3.35. The van der Waals surface area contributed by atoms with Crippen molar-refractivity contribution < 1.29 is 19.1 Å². The van der Waals surface area contributed by atoms with E-state index in [2.05, 4.69) is 5.32 Å². The number of carboxylic acids is 1. The van der Waals surface area contributed by atoms with Crippen LogP contribution in [0.1, 0.15) is 34.5 Å². The molecule has 2 aromatic rings. The van der Waals surface area contributed by atoms with Gasteiger partial charge in [-0.25, -0.2) is 4.39 Å². The van der Waals surface area contributed by atoms with E-state index in [9.17, 15) is 14.0 Å². The molecular weight excluding hydrogens is 317 g/mol. The van der Waals surface area contributed by atoms with Gasteiger partial charge in [-0.05, 0) is 49.1 Å². The van der Waals surface area contributed by atoms with E-state index in [4.69, 9.17) is 5.11 Å². The van der Waals surface area contributed by atoms with Gasteiger partial charge in [-0.15, -0.1) is 11.3 Å². The average Bonchev–Trinajstić information content (AvgIpc) is 2.89. The highest BCUT2D eigenvalue weighted by molar-refractivity contribution is 7.17. The summed E-state index contributed by atoms with van der Waals surface area (Å²) >= 11 is 1.37. The summed E-state index contributed by atoms with van der Waals surface area (Å²) in [7, 11) is 0. The summed E-state index contributed by atoms with van der Waals surface area (Å²) in [6.07, 6.45) is 1.29. The Labute approximate surface area is 138 Å². The number of hydrogen-bond acceptors (Lipinski definition) is 3. The van der Waals surface area contributed by atoms with Gasteiger partial charge in [0.15, 0.2) is 0 Å². The van der Waals surface area contributed by atoms with Crippen molar-refractivity contribution in [3.05, 3.63) is 46.6 Å². The molecule has 0 atom stereocenters. The highest BCUT2D eigenvalue weighted by atomic mass is 32.1. The molecular formula is C17H18FNO3S. The summed E-state index contributed by atoms with van der Waals surface area (Å²) in [5.74, 6) is -1.28. The lowest BCUT2D eigenvalue weighted by Gasteiger charge is -2.02. The second kappa shape index (κ2) is 7.87. The van der Waals surface area contributed by atoms with Crippen molar-refractivity contribution in [3.63, 3.8) is 0 Å². The van der Waals surface area contributed by atoms with Crippen molar-refractivity contribution in [2.24, 2.45) is 0 Å². The van der Waals surface area contributed by atoms with E-state index in [0.717, 1.165) is 16.0 Å². The van der Waals surface area contributed by atoms with E-state index < -0.39 is 5.97 Å². The van der Waals surface area contributed by atoms with Crippen LogP contribution in [-0.2, 0) is 4.79 Å². The second-order valence-corrected chi connectivity index (χ2v) is 6.29. The molecule has 0 saturated heterocycles. The molecule has 0 radical (unpaired) electrons. The molecule has 23 heavy (non-hydrogen) atoms. The average molecular weight is 335 g/mol. The highest BCUT2D eigenvalue weighted by Gasteiger charge is 2.13. The highest BCUT2D eigenvalue weighted by Crippen LogP contribution is 2.32. The lowest BCUT2D eigenvalue weighted by molar-refractivity contribution is -0.137. The standard InChI is InChI=1S/C17H18FNO3S/c1-11-10-14(17(22)19-9-3-2-4-15(20)21)23-16(11)12-5-7-13(18)8-6-12/h5-8,10H,2-4,9H2,1H3,(H,19,22)(H,20,21). The molecule has 0 bridgehead atoms. The number of amides is 1. The van der Waals surface area contributed by atoms with E-state index in [1.807, 2.05) is 13.0 Å². The minimum absolute atomic E-state index is 0.114.